The third-order valence-corrected chi connectivity index (χ3v) is 4.39. The minimum atomic E-state index is -0.0997. The Morgan fingerprint density at radius 3 is 1.92 bits per heavy atom. The molecule has 0 radical (unpaired) electrons. The molecule has 5 nitrogen and oxygen atoms in total. The van der Waals surface area contributed by atoms with Crippen LogP contribution >= 0.6 is 0 Å². The molecular formula is C19H20O5. The topological polar surface area (TPSA) is 54.0 Å². The molecule has 1 aliphatic carbocycles. The zero-order chi connectivity index (χ0) is 17.3. The molecular weight excluding hydrogens is 308 g/mol. The monoisotopic (exact) mass is 328 g/mol. The van der Waals surface area contributed by atoms with Gasteiger partial charge in [-0.3, -0.25) is 4.79 Å². The van der Waals surface area contributed by atoms with E-state index in [0.29, 0.717) is 35.0 Å². The summed E-state index contributed by atoms with van der Waals surface area (Å²) in [5.74, 6) is 2.63. The normalized spacial score (nSPS) is 15.8. The summed E-state index contributed by atoms with van der Waals surface area (Å²) >= 11 is 0. The molecule has 0 unspecified atom stereocenters. The van der Waals surface area contributed by atoms with Gasteiger partial charge in [-0.1, -0.05) is 0 Å². The highest BCUT2D eigenvalue weighted by molar-refractivity contribution is 6.03. The van der Waals surface area contributed by atoms with Gasteiger partial charge >= 0.3 is 0 Å². The molecule has 0 heterocycles. The average molecular weight is 328 g/mol. The Labute approximate surface area is 141 Å². The fourth-order valence-electron chi connectivity index (χ4n) is 3.19. The van der Waals surface area contributed by atoms with Crippen molar-refractivity contribution in [2.75, 3.05) is 28.4 Å². The number of hydrogen-bond donors (Lipinski definition) is 0. The highest BCUT2D eigenvalue weighted by Gasteiger charge is 2.34. The summed E-state index contributed by atoms with van der Waals surface area (Å²) in [5.41, 5.74) is 2.50. The van der Waals surface area contributed by atoms with Gasteiger partial charge < -0.3 is 18.9 Å². The fraction of sp³-hybridized carbons (Fsp3) is 0.316. The lowest BCUT2D eigenvalue weighted by Gasteiger charge is -2.17. The first-order chi connectivity index (χ1) is 11.6. The minimum Gasteiger partial charge on any atom is -0.497 e. The Kier molecular flexibility index (Phi) is 4.34. The number of hydrogen-bond acceptors (Lipinski definition) is 5. The standard InChI is InChI=1S/C19H20O5/c1-21-12-5-11(6-13(7-12)22-2)15-10-17(20)16-8-14(23-3)9-18(24-4)19(15)16/h5-9,15H,10H2,1-4H3/t15-/m0/s1. The molecule has 0 fully saturated rings. The van der Waals surface area contributed by atoms with E-state index in [2.05, 4.69) is 0 Å². The van der Waals surface area contributed by atoms with Crippen molar-refractivity contribution in [3.8, 4) is 23.0 Å². The van der Waals surface area contributed by atoms with Crippen molar-refractivity contribution in [1.82, 2.24) is 0 Å². The van der Waals surface area contributed by atoms with Crippen LogP contribution in [0.2, 0.25) is 0 Å². The predicted molar refractivity (Wildman–Crippen MR) is 89.9 cm³/mol. The second-order valence-electron chi connectivity index (χ2n) is 5.62. The molecule has 1 atom stereocenters. The smallest absolute Gasteiger partial charge is 0.164 e. The van der Waals surface area contributed by atoms with E-state index in [1.165, 1.54) is 0 Å². The van der Waals surface area contributed by atoms with Gasteiger partial charge in [0.25, 0.3) is 0 Å². The number of rotatable bonds is 5. The zero-order valence-corrected chi connectivity index (χ0v) is 14.2. The van der Waals surface area contributed by atoms with Crippen molar-refractivity contribution in [2.45, 2.75) is 12.3 Å². The predicted octanol–water partition coefficient (Wildman–Crippen LogP) is 3.44. The summed E-state index contributed by atoms with van der Waals surface area (Å²) in [4.78, 5) is 12.5. The van der Waals surface area contributed by atoms with E-state index >= 15 is 0 Å². The SMILES string of the molecule is COc1cc(OC)cc([C@@H]2CC(=O)c3cc(OC)cc(OC)c32)c1. The fourth-order valence-corrected chi connectivity index (χ4v) is 3.19. The quantitative estimate of drug-likeness (QED) is 0.841. The summed E-state index contributed by atoms with van der Waals surface area (Å²) in [7, 11) is 6.39. The highest BCUT2D eigenvalue weighted by Crippen LogP contribution is 2.46. The lowest BCUT2D eigenvalue weighted by Crippen LogP contribution is -2.01. The first-order valence-electron chi connectivity index (χ1n) is 7.63. The van der Waals surface area contributed by atoms with Crippen molar-refractivity contribution in [1.29, 1.82) is 0 Å². The number of benzene rings is 2. The largest absolute Gasteiger partial charge is 0.497 e. The van der Waals surface area contributed by atoms with Gasteiger partial charge in [0.05, 0.1) is 28.4 Å². The van der Waals surface area contributed by atoms with Crippen molar-refractivity contribution >= 4 is 5.78 Å². The number of fused-ring (bicyclic) bond motifs is 1. The Balaban J connectivity index is 2.16. The van der Waals surface area contributed by atoms with E-state index < -0.39 is 0 Å². The second kappa shape index (κ2) is 6.43. The van der Waals surface area contributed by atoms with Crippen LogP contribution < -0.4 is 18.9 Å². The number of Topliss-reactive ketones (excluding diaryl/α,β-unsaturated/α-hetero) is 1. The van der Waals surface area contributed by atoms with Crippen LogP contribution in [0.25, 0.3) is 0 Å². The van der Waals surface area contributed by atoms with Crippen LogP contribution in [0, 0.1) is 0 Å². The number of methoxy groups -OCH3 is 4. The summed E-state index contributed by atoms with van der Waals surface area (Å²) in [6.07, 6.45) is 0.384. The van der Waals surface area contributed by atoms with Crippen LogP contribution in [0.15, 0.2) is 30.3 Å². The van der Waals surface area contributed by atoms with Gasteiger partial charge in [0.15, 0.2) is 5.78 Å². The van der Waals surface area contributed by atoms with Gasteiger partial charge in [-0.25, -0.2) is 0 Å². The van der Waals surface area contributed by atoms with Crippen LogP contribution in [0.1, 0.15) is 33.8 Å². The van der Waals surface area contributed by atoms with Gasteiger partial charge in [0.2, 0.25) is 0 Å². The maximum atomic E-state index is 12.5. The van der Waals surface area contributed by atoms with Crippen LogP contribution in [0.4, 0.5) is 0 Å². The molecule has 0 aromatic heterocycles. The van der Waals surface area contributed by atoms with Crippen molar-refractivity contribution in [2.24, 2.45) is 0 Å². The zero-order valence-electron chi connectivity index (χ0n) is 14.2. The molecule has 5 heteroatoms. The van der Waals surface area contributed by atoms with Crippen LogP contribution in [-0.4, -0.2) is 34.2 Å². The third kappa shape index (κ3) is 2.66. The molecule has 2 aromatic carbocycles. The van der Waals surface area contributed by atoms with Gasteiger partial charge in [0, 0.05) is 35.6 Å². The molecule has 24 heavy (non-hydrogen) atoms. The Bertz CT molecular complexity index is 759. The lowest BCUT2D eigenvalue weighted by molar-refractivity contribution is 0.0991. The number of ketones is 1. The summed E-state index contributed by atoms with van der Waals surface area (Å²) < 4.78 is 21.5. The molecule has 126 valence electrons. The molecule has 0 amide bonds. The van der Waals surface area contributed by atoms with Gasteiger partial charge in [-0.15, -0.1) is 0 Å². The molecule has 1 aliphatic rings. The lowest BCUT2D eigenvalue weighted by atomic mass is 9.91. The van der Waals surface area contributed by atoms with Gasteiger partial charge in [-0.05, 0) is 23.8 Å². The molecule has 2 aromatic rings. The van der Waals surface area contributed by atoms with Crippen molar-refractivity contribution < 1.29 is 23.7 Å². The van der Waals surface area contributed by atoms with Crippen LogP contribution in [0.3, 0.4) is 0 Å². The highest BCUT2D eigenvalue weighted by atomic mass is 16.5. The number of ether oxygens (including phenoxy) is 4. The van der Waals surface area contributed by atoms with Gasteiger partial charge in [0.1, 0.15) is 23.0 Å². The molecule has 0 N–H and O–H groups in total. The second-order valence-corrected chi connectivity index (χ2v) is 5.62. The number of carbonyl (C=O) groups excluding carboxylic acids is 1. The van der Waals surface area contributed by atoms with Crippen molar-refractivity contribution in [3.05, 3.63) is 47.0 Å². The van der Waals surface area contributed by atoms with E-state index in [0.717, 1.165) is 11.1 Å². The van der Waals surface area contributed by atoms with E-state index in [4.69, 9.17) is 18.9 Å². The summed E-state index contributed by atoms with van der Waals surface area (Å²) in [5, 5.41) is 0. The first-order valence-corrected chi connectivity index (χ1v) is 7.63. The van der Waals surface area contributed by atoms with E-state index in [1.807, 2.05) is 24.3 Å². The maximum Gasteiger partial charge on any atom is 0.164 e. The minimum absolute atomic E-state index is 0.0778. The summed E-state index contributed by atoms with van der Waals surface area (Å²) in [6.45, 7) is 0. The molecule has 0 saturated carbocycles. The molecule has 0 bridgehead atoms. The Hall–Kier alpha value is -2.69. The maximum absolute atomic E-state index is 12.5. The van der Waals surface area contributed by atoms with Crippen molar-refractivity contribution in [3.63, 3.8) is 0 Å². The van der Waals surface area contributed by atoms with E-state index in [-0.39, 0.29) is 11.7 Å². The molecule has 0 saturated heterocycles. The molecule has 3 rings (SSSR count). The molecule has 0 spiro atoms. The van der Waals surface area contributed by atoms with Crippen LogP contribution in [0.5, 0.6) is 23.0 Å². The summed E-state index contributed by atoms with van der Waals surface area (Å²) in [6, 6.07) is 9.25. The average Bonchev–Trinajstić information content (AvgIpc) is 2.97. The van der Waals surface area contributed by atoms with Gasteiger partial charge in [-0.2, -0.15) is 0 Å². The third-order valence-electron chi connectivity index (χ3n) is 4.39. The Morgan fingerprint density at radius 2 is 1.38 bits per heavy atom. The van der Waals surface area contributed by atoms with E-state index in [1.54, 1.807) is 34.5 Å². The van der Waals surface area contributed by atoms with E-state index in [9.17, 15) is 4.79 Å². The van der Waals surface area contributed by atoms with Crippen LogP contribution in [-0.2, 0) is 0 Å². The first kappa shape index (κ1) is 16.2. The number of carbonyl (C=O) groups is 1. The Morgan fingerprint density at radius 1 is 0.792 bits per heavy atom. The molecule has 0 aliphatic heterocycles.